The van der Waals surface area contributed by atoms with E-state index in [1.165, 1.54) is 5.39 Å². The molecule has 0 aliphatic rings. The largest absolute Gasteiger partial charge is 0.352 e. The maximum absolute atomic E-state index is 12.0. The molecule has 1 N–H and O–H groups in total. The molecule has 0 unspecified atom stereocenters. The molecule has 126 valence electrons. The van der Waals surface area contributed by atoms with Gasteiger partial charge in [0, 0.05) is 24.9 Å². The average molecular weight is 331 g/mol. The van der Waals surface area contributed by atoms with Crippen LogP contribution in [0.1, 0.15) is 35.2 Å². The molecule has 0 aliphatic heterocycles. The van der Waals surface area contributed by atoms with E-state index in [1.54, 1.807) is 0 Å². The molecule has 3 heteroatoms. The van der Waals surface area contributed by atoms with E-state index < -0.39 is 0 Å². The van der Waals surface area contributed by atoms with Gasteiger partial charge in [0.1, 0.15) is 0 Å². The van der Waals surface area contributed by atoms with E-state index in [4.69, 9.17) is 0 Å². The first-order valence-corrected chi connectivity index (χ1v) is 8.55. The SMILES string of the molecule is O=C(CCCC(=O)c1ccccc1)NCc1cccc2ccccc12. The van der Waals surface area contributed by atoms with Crippen molar-refractivity contribution in [1.82, 2.24) is 5.32 Å². The van der Waals surface area contributed by atoms with E-state index in [1.807, 2.05) is 54.6 Å². The summed E-state index contributed by atoms with van der Waals surface area (Å²) in [4.78, 5) is 24.1. The van der Waals surface area contributed by atoms with E-state index in [0.29, 0.717) is 31.4 Å². The topological polar surface area (TPSA) is 46.2 Å². The lowest BCUT2D eigenvalue weighted by atomic mass is 10.0. The molecule has 0 aliphatic carbocycles. The van der Waals surface area contributed by atoms with E-state index in [-0.39, 0.29) is 11.7 Å². The fraction of sp³-hybridized carbons (Fsp3) is 0.182. The quantitative estimate of drug-likeness (QED) is 0.648. The van der Waals surface area contributed by atoms with Crippen LogP contribution in [0.25, 0.3) is 10.8 Å². The molecule has 0 heterocycles. The lowest BCUT2D eigenvalue weighted by Crippen LogP contribution is -2.22. The Morgan fingerprint density at radius 1 is 0.760 bits per heavy atom. The van der Waals surface area contributed by atoms with Gasteiger partial charge in [0.2, 0.25) is 5.91 Å². The van der Waals surface area contributed by atoms with Crippen LogP contribution < -0.4 is 5.32 Å². The maximum Gasteiger partial charge on any atom is 0.220 e. The first-order chi connectivity index (χ1) is 12.2. The molecule has 3 rings (SSSR count). The summed E-state index contributed by atoms with van der Waals surface area (Å²) in [7, 11) is 0. The first kappa shape index (κ1) is 16.9. The van der Waals surface area contributed by atoms with Gasteiger partial charge in [0.25, 0.3) is 0 Å². The third kappa shape index (κ3) is 4.54. The zero-order valence-electron chi connectivity index (χ0n) is 14.1. The average Bonchev–Trinajstić information content (AvgIpc) is 2.67. The Morgan fingerprint density at radius 2 is 1.48 bits per heavy atom. The smallest absolute Gasteiger partial charge is 0.220 e. The summed E-state index contributed by atoms with van der Waals surface area (Å²) in [6.07, 6.45) is 1.32. The van der Waals surface area contributed by atoms with Gasteiger partial charge in [-0.05, 0) is 22.8 Å². The van der Waals surface area contributed by atoms with Crippen LogP contribution in [0.4, 0.5) is 0 Å². The van der Waals surface area contributed by atoms with Crippen molar-refractivity contribution >= 4 is 22.5 Å². The summed E-state index contributed by atoms with van der Waals surface area (Å²) in [5.74, 6) is 0.0660. The van der Waals surface area contributed by atoms with Crippen LogP contribution >= 0.6 is 0 Å². The van der Waals surface area contributed by atoms with Gasteiger partial charge < -0.3 is 5.32 Å². The van der Waals surface area contributed by atoms with Gasteiger partial charge in [-0.3, -0.25) is 9.59 Å². The molecule has 0 aromatic heterocycles. The first-order valence-electron chi connectivity index (χ1n) is 8.55. The standard InChI is InChI=1S/C22H21NO2/c24-21(18-9-2-1-3-10-18)14-7-15-22(25)23-16-19-12-6-11-17-8-4-5-13-20(17)19/h1-6,8-13H,7,14-16H2,(H,23,25). The Hall–Kier alpha value is -2.94. The predicted octanol–water partition coefficient (Wildman–Crippen LogP) is 4.51. The number of Topliss-reactive ketones (excluding diaryl/α,β-unsaturated/α-hetero) is 1. The van der Waals surface area contributed by atoms with Crippen molar-refractivity contribution < 1.29 is 9.59 Å². The van der Waals surface area contributed by atoms with Crippen LogP contribution in [-0.2, 0) is 11.3 Å². The molecule has 0 fully saturated rings. The molecule has 0 atom stereocenters. The van der Waals surface area contributed by atoms with Crippen LogP contribution in [0, 0.1) is 0 Å². The zero-order valence-corrected chi connectivity index (χ0v) is 14.1. The highest BCUT2D eigenvalue weighted by atomic mass is 16.1. The molecule has 25 heavy (non-hydrogen) atoms. The molecule has 0 bridgehead atoms. The number of rotatable bonds is 7. The molecular weight excluding hydrogens is 310 g/mol. The molecule has 0 spiro atoms. The van der Waals surface area contributed by atoms with Crippen molar-refractivity contribution in [3.05, 3.63) is 83.9 Å². The van der Waals surface area contributed by atoms with Gasteiger partial charge in [0.15, 0.2) is 5.78 Å². The minimum absolute atomic E-state index is 0.0196. The highest BCUT2D eigenvalue weighted by molar-refractivity contribution is 5.96. The van der Waals surface area contributed by atoms with Crippen LogP contribution in [-0.4, -0.2) is 11.7 Å². The summed E-state index contributed by atoms with van der Waals surface area (Å²) in [5, 5.41) is 5.28. The lowest BCUT2D eigenvalue weighted by Gasteiger charge is -2.08. The fourth-order valence-electron chi connectivity index (χ4n) is 2.91. The zero-order chi connectivity index (χ0) is 17.5. The number of benzene rings is 3. The summed E-state index contributed by atoms with van der Waals surface area (Å²) in [6.45, 7) is 0.507. The minimum atomic E-state index is -0.0196. The second-order valence-electron chi connectivity index (χ2n) is 6.06. The van der Waals surface area contributed by atoms with E-state index >= 15 is 0 Å². The van der Waals surface area contributed by atoms with Gasteiger partial charge in [-0.15, -0.1) is 0 Å². The van der Waals surface area contributed by atoms with Crippen LogP contribution in [0.2, 0.25) is 0 Å². The highest BCUT2D eigenvalue weighted by Crippen LogP contribution is 2.18. The molecule has 3 aromatic rings. The van der Waals surface area contributed by atoms with Crippen molar-refractivity contribution in [3.63, 3.8) is 0 Å². The summed E-state index contributed by atoms with van der Waals surface area (Å²) in [5.41, 5.74) is 1.81. The molecule has 1 amide bonds. The molecule has 3 aromatic carbocycles. The third-order valence-corrected chi connectivity index (χ3v) is 4.26. The number of nitrogens with one attached hydrogen (secondary N) is 1. The van der Waals surface area contributed by atoms with Crippen molar-refractivity contribution in [3.8, 4) is 0 Å². The summed E-state index contributed by atoms with van der Waals surface area (Å²) < 4.78 is 0. The minimum Gasteiger partial charge on any atom is -0.352 e. The number of fused-ring (bicyclic) bond motifs is 1. The molecule has 3 nitrogen and oxygen atoms in total. The Balaban J connectivity index is 1.47. The monoisotopic (exact) mass is 331 g/mol. The maximum atomic E-state index is 12.0. The van der Waals surface area contributed by atoms with Gasteiger partial charge in [0.05, 0.1) is 0 Å². The van der Waals surface area contributed by atoms with E-state index in [0.717, 1.165) is 10.9 Å². The van der Waals surface area contributed by atoms with E-state index in [2.05, 4.69) is 23.5 Å². The molecule has 0 saturated heterocycles. The van der Waals surface area contributed by atoms with Crippen molar-refractivity contribution in [1.29, 1.82) is 0 Å². The Kier molecular flexibility index (Phi) is 5.57. The number of hydrogen-bond acceptors (Lipinski definition) is 2. The van der Waals surface area contributed by atoms with Gasteiger partial charge >= 0.3 is 0 Å². The summed E-state index contributed by atoms with van der Waals surface area (Å²) in [6, 6.07) is 23.4. The Labute approximate surface area is 147 Å². The number of amides is 1. The molecule has 0 saturated carbocycles. The van der Waals surface area contributed by atoms with Crippen molar-refractivity contribution in [2.24, 2.45) is 0 Å². The summed E-state index contributed by atoms with van der Waals surface area (Å²) >= 11 is 0. The normalized spacial score (nSPS) is 10.6. The van der Waals surface area contributed by atoms with Crippen molar-refractivity contribution in [2.45, 2.75) is 25.8 Å². The van der Waals surface area contributed by atoms with Gasteiger partial charge in [-0.25, -0.2) is 0 Å². The fourth-order valence-corrected chi connectivity index (χ4v) is 2.91. The number of hydrogen-bond donors (Lipinski definition) is 1. The van der Waals surface area contributed by atoms with Crippen LogP contribution in [0.5, 0.6) is 0 Å². The lowest BCUT2D eigenvalue weighted by molar-refractivity contribution is -0.121. The van der Waals surface area contributed by atoms with Gasteiger partial charge in [-0.1, -0.05) is 72.8 Å². The molecular formula is C22H21NO2. The van der Waals surface area contributed by atoms with Gasteiger partial charge in [-0.2, -0.15) is 0 Å². The number of carbonyl (C=O) groups excluding carboxylic acids is 2. The number of ketones is 1. The number of carbonyl (C=O) groups is 2. The molecule has 0 radical (unpaired) electrons. The van der Waals surface area contributed by atoms with Crippen LogP contribution in [0.3, 0.4) is 0 Å². The second kappa shape index (κ2) is 8.25. The highest BCUT2D eigenvalue weighted by Gasteiger charge is 2.08. The predicted molar refractivity (Wildman–Crippen MR) is 100 cm³/mol. The van der Waals surface area contributed by atoms with Crippen molar-refractivity contribution in [2.75, 3.05) is 0 Å². The van der Waals surface area contributed by atoms with Crippen LogP contribution in [0.15, 0.2) is 72.8 Å². The Bertz CT molecular complexity index is 866. The third-order valence-electron chi connectivity index (χ3n) is 4.26. The van der Waals surface area contributed by atoms with E-state index in [9.17, 15) is 9.59 Å². The Morgan fingerprint density at radius 3 is 2.32 bits per heavy atom. The second-order valence-corrected chi connectivity index (χ2v) is 6.06.